The van der Waals surface area contributed by atoms with E-state index in [0.717, 1.165) is 28.9 Å². The molecule has 2 amide bonds. The number of hydrogen-bond donors (Lipinski definition) is 0. The molecule has 0 bridgehead atoms. The molecule has 1 saturated heterocycles. The highest BCUT2D eigenvalue weighted by atomic mass is 32.2. The molecule has 0 saturated carbocycles. The lowest BCUT2D eigenvalue weighted by Gasteiger charge is -2.27. The summed E-state index contributed by atoms with van der Waals surface area (Å²) in [6.07, 6.45) is -3.74. The van der Waals surface area contributed by atoms with E-state index in [4.69, 9.17) is 8.92 Å². The van der Waals surface area contributed by atoms with Crippen LogP contribution in [0.1, 0.15) is 42.9 Å². The first kappa shape index (κ1) is 30.1. The van der Waals surface area contributed by atoms with Gasteiger partial charge in [-0.15, -0.1) is 0 Å². The highest BCUT2D eigenvalue weighted by molar-refractivity contribution is 7.86. The molecule has 41 heavy (non-hydrogen) atoms. The van der Waals surface area contributed by atoms with Crippen molar-refractivity contribution in [3.8, 4) is 16.9 Å². The highest BCUT2D eigenvalue weighted by Crippen LogP contribution is 2.37. The van der Waals surface area contributed by atoms with E-state index in [1.54, 1.807) is 6.07 Å². The number of hydrogen-bond acceptors (Lipinski definition) is 6. The molecule has 0 N–H and O–H groups in total. The normalized spacial score (nSPS) is 16.5. The summed E-state index contributed by atoms with van der Waals surface area (Å²) in [6.45, 7) is 3.83. The second-order valence-electron chi connectivity index (χ2n) is 10.5. The van der Waals surface area contributed by atoms with Crippen LogP contribution in [0, 0.1) is 5.92 Å². The largest absolute Gasteiger partial charge is 0.447 e. The van der Waals surface area contributed by atoms with Crippen molar-refractivity contribution >= 4 is 22.1 Å². The predicted molar refractivity (Wildman–Crippen MR) is 147 cm³/mol. The Kier molecular flexibility index (Phi) is 8.77. The van der Waals surface area contributed by atoms with E-state index in [9.17, 15) is 31.2 Å². The number of imide groups is 1. The van der Waals surface area contributed by atoms with Crippen molar-refractivity contribution in [3.63, 3.8) is 0 Å². The van der Waals surface area contributed by atoms with Crippen LogP contribution in [-0.4, -0.2) is 44.2 Å². The van der Waals surface area contributed by atoms with Gasteiger partial charge in [0.1, 0.15) is 12.4 Å². The van der Waals surface area contributed by atoms with E-state index in [1.807, 2.05) is 44.2 Å². The number of benzene rings is 3. The maximum absolute atomic E-state index is 14.0. The Bertz CT molecular complexity index is 1510. The average molecular weight is 590 g/mol. The number of rotatable bonds is 9. The van der Waals surface area contributed by atoms with Gasteiger partial charge in [-0.2, -0.15) is 21.6 Å². The number of ether oxygens (including phenoxy) is 1. The van der Waals surface area contributed by atoms with Gasteiger partial charge in [0.2, 0.25) is 5.91 Å². The molecular formula is C30H30F3NO6S. The van der Waals surface area contributed by atoms with Crippen LogP contribution in [0.5, 0.6) is 5.75 Å². The zero-order chi connectivity index (χ0) is 29.9. The predicted octanol–water partition coefficient (Wildman–Crippen LogP) is 6.43. The van der Waals surface area contributed by atoms with Gasteiger partial charge in [-0.05, 0) is 65.3 Å². The Hall–Kier alpha value is -3.86. The molecule has 218 valence electrons. The Morgan fingerprint density at radius 2 is 1.68 bits per heavy atom. The monoisotopic (exact) mass is 589 g/mol. The summed E-state index contributed by atoms with van der Waals surface area (Å²) in [4.78, 5) is 27.9. The van der Waals surface area contributed by atoms with Gasteiger partial charge < -0.3 is 8.92 Å². The third-order valence-electron chi connectivity index (χ3n) is 6.64. The molecule has 0 aromatic heterocycles. The Labute approximate surface area is 237 Å². The molecule has 11 heteroatoms. The van der Waals surface area contributed by atoms with E-state index in [-0.39, 0.29) is 18.3 Å². The Morgan fingerprint density at radius 1 is 1.02 bits per heavy atom. The number of cyclic esters (lactones) is 1. The lowest BCUT2D eigenvalue weighted by Crippen LogP contribution is -2.43. The van der Waals surface area contributed by atoms with Crippen LogP contribution in [0.2, 0.25) is 0 Å². The zero-order valence-corrected chi connectivity index (χ0v) is 23.5. The first-order valence-electron chi connectivity index (χ1n) is 13.0. The Balaban J connectivity index is 1.76. The third kappa shape index (κ3) is 7.66. The van der Waals surface area contributed by atoms with Gasteiger partial charge in [0.05, 0.1) is 23.8 Å². The van der Waals surface area contributed by atoms with Crippen molar-refractivity contribution in [3.05, 3.63) is 89.5 Å². The minimum atomic E-state index is -4.53. The maximum atomic E-state index is 14.0. The average Bonchev–Trinajstić information content (AvgIpc) is 3.25. The quantitative estimate of drug-likeness (QED) is 0.267. The van der Waals surface area contributed by atoms with Crippen molar-refractivity contribution in [1.82, 2.24) is 4.90 Å². The molecule has 0 radical (unpaired) electrons. The van der Waals surface area contributed by atoms with Gasteiger partial charge in [-0.25, -0.2) is 9.69 Å². The number of nitrogens with zero attached hydrogens (tertiary/aromatic N) is 1. The summed E-state index contributed by atoms with van der Waals surface area (Å²) in [5.74, 6) is -1.53. The van der Waals surface area contributed by atoms with Crippen LogP contribution in [0.15, 0.2) is 72.8 Å². The van der Waals surface area contributed by atoms with Gasteiger partial charge in [0.25, 0.3) is 0 Å². The van der Waals surface area contributed by atoms with E-state index in [1.165, 1.54) is 24.3 Å². The minimum Gasteiger partial charge on any atom is -0.447 e. The fourth-order valence-corrected chi connectivity index (χ4v) is 5.30. The summed E-state index contributed by atoms with van der Waals surface area (Å²) in [6, 6.07) is 17.6. The van der Waals surface area contributed by atoms with Crippen LogP contribution >= 0.6 is 0 Å². The molecule has 4 rings (SSSR count). The van der Waals surface area contributed by atoms with E-state index in [2.05, 4.69) is 0 Å². The van der Waals surface area contributed by atoms with E-state index < -0.39 is 45.8 Å². The number of carbonyl (C=O) groups is 2. The van der Waals surface area contributed by atoms with Crippen molar-refractivity contribution in [1.29, 1.82) is 0 Å². The molecule has 2 atom stereocenters. The van der Waals surface area contributed by atoms with Crippen molar-refractivity contribution in [2.24, 2.45) is 5.92 Å². The Morgan fingerprint density at radius 3 is 2.27 bits per heavy atom. The van der Waals surface area contributed by atoms with Crippen LogP contribution in [0.4, 0.5) is 18.0 Å². The second kappa shape index (κ2) is 11.9. The molecule has 3 aromatic rings. The number of carbonyl (C=O) groups excluding carboxylic acids is 2. The lowest BCUT2D eigenvalue weighted by atomic mass is 9.86. The highest BCUT2D eigenvalue weighted by Gasteiger charge is 2.41. The van der Waals surface area contributed by atoms with Crippen LogP contribution < -0.4 is 4.18 Å². The number of amides is 2. The number of halogens is 3. The summed E-state index contributed by atoms with van der Waals surface area (Å²) in [5, 5.41) is 0. The SMILES string of the molecule is CC(C)CC(C(=O)N1C(=O)OCC1Cc1ccccc1)c1cc(OS(C)(=O)=O)cc(-c2ccc(C(F)(F)F)cc2)c1. The summed E-state index contributed by atoms with van der Waals surface area (Å²) in [5.41, 5.74) is 1.15. The maximum Gasteiger partial charge on any atom is 0.417 e. The molecule has 0 spiro atoms. The van der Waals surface area contributed by atoms with Crippen LogP contribution in [0.25, 0.3) is 11.1 Å². The van der Waals surface area contributed by atoms with Crippen molar-refractivity contribution in [2.75, 3.05) is 12.9 Å². The van der Waals surface area contributed by atoms with E-state index in [0.29, 0.717) is 29.5 Å². The summed E-state index contributed by atoms with van der Waals surface area (Å²) >= 11 is 0. The molecule has 7 nitrogen and oxygen atoms in total. The van der Waals surface area contributed by atoms with Crippen LogP contribution in [-0.2, 0) is 32.2 Å². The first-order chi connectivity index (χ1) is 19.2. The van der Waals surface area contributed by atoms with Gasteiger partial charge in [0.15, 0.2) is 0 Å². The fraction of sp³-hybridized carbons (Fsp3) is 0.333. The second-order valence-corrected chi connectivity index (χ2v) is 12.0. The molecule has 1 heterocycles. The third-order valence-corrected chi connectivity index (χ3v) is 7.14. The lowest BCUT2D eigenvalue weighted by molar-refractivity contribution is -0.137. The summed E-state index contributed by atoms with van der Waals surface area (Å²) in [7, 11) is -3.97. The molecule has 0 aliphatic carbocycles. The summed E-state index contributed by atoms with van der Waals surface area (Å²) < 4.78 is 73.8. The van der Waals surface area contributed by atoms with Crippen molar-refractivity contribution < 1.29 is 40.1 Å². The first-order valence-corrected chi connectivity index (χ1v) is 14.8. The molecule has 1 fully saturated rings. The fourth-order valence-electron chi connectivity index (χ4n) is 4.85. The molecule has 3 aromatic carbocycles. The van der Waals surface area contributed by atoms with Gasteiger partial charge in [-0.1, -0.05) is 62.4 Å². The van der Waals surface area contributed by atoms with Gasteiger partial charge >= 0.3 is 22.4 Å². The smallest absolute Gasteiger partial charge is 0.417 e. The molecular weight excluding hydrogens is 559 g/mol. The van der Waals surface area contributed by atoms with E-state index >= 15 is 0 Å². The zero-order valence-electron chi connectivity index (χ0n) is 22.7. The van der Waals surface area contributed by atoms with Crippen molar-refractivity contribution in [2.45, 2.75) is 44.8 Å². The molecule has 2 unspecified atom stereocenters. The number of alkyl halides is 3. The van der Waals surface area contributed by atoms with Crippen LogP contribution in [0.3, 0.4) is 0 Å². The topological polar surface area (TPSA) is 90.0 Å². The molecule has 1 aliphatic heterocycles. The standard InChI is InChI=1S/C30H30F3NO6S/c1-19(2)13-27(28(35)34-25(18-39-29(34)36)14-20-7-5-4-6-8-20)23-15-22(16-26(17-23)40-41(3,37)38)21-9-11-24(12-10-21)30(31,32)33/h4-12,15-17,19,25,27H,13-14,18H2,1-3H3. The minimum absolute atomic E-state index is 0.0100. The molecule has 1 aliphatic rings. The van der Waals surface area contributed by atoms with Gasteiger partial charge in [0, 0.05) is 0 Å². The van der Waals surface area contributed by atoms with Gasteiger partial charge in [-0.3, -0.25) is 4.79 Å².